The molecule has 0 aliphatic heterocycles. The highest BCUT2D eigenvalue weighted by molar-refractivity contribution is 6.35. The smallest absolute Gasteiger partial charge is 0.251 e. The van der Waals surface area contributed by atoms with E-state index < -0.39 is 5.91 Å². The maximum atomic E-state index is 12.0. The van der Waals surface area contributed by atoms with Crippen LogP contribution in [0, 0.1) is 6.92 Å². The quantitative estimate of drug-likeness (QED) is 0.658. The highest BCUT2D eigenvalue weighted by atomic mass is 35.5. The van der Waals surface area contributed by atoms with Gasteiger partial charge in [0.05, 0.1) is 17.3 Å². The minimum atomic E-state index is -0.434. The van der Waals surface area contributed by atoms with Crippen molar-refractivity contribution in [1.29, 1.82) is 0 Å². The Labute approximate surface area is 167 Å². The normalized spacial score (nSPS) is 10.2. The molecule has 0 bridgehead atoms. The van der Waals surface area contributed by atoms with Gasteiger partial charge in [0.2, 0.25) is 11.8 Å². The molecule has 2 aromatic rings. The van der Waals surface area contributed by atoms with Gasteiger partial charge in [-0.15, -0.1) is 0 Å². The lowest BCUT2D eigenvalue weighted by Gasteiger charge is -2.10. The number of benzene rings is 2. The third-order valence-corrected chi connectivity index (χ3v) is 4.24. The van der Waals surface area contributed by atoms with Gasteiger partial charge in [-0.2, -0.15) is 0 Å². The zero-order valence-corrected chi connectivity index (χ0v) is 16.2. The maximum Gasteiger partial charge on any atom is 0.251 e. The Balaban J connectivity index is 1.71. The molecule has 0 aromatic heterocycles. The molecular formula is C19H19Cl2N3O3. The predicted molar refractivity (Wildman–Crippen MR) is 106 cm³/mol. The molecular weight excluding hydrogens is 389 g/mol. The fourth-order valence-corrected chi connectivity index (χ4v) is 2.60. The number of halogens is 2. The predicted octanol–water partition coefficient (Wildman–Crippen LogP) is 3.18. The Morgan fingerprint density at radius 3 is 2.44 bits per heavy atom. The van der Waals surface area contributed by atoms with E-state index in [9.17, 15) is 14.4 Å². The number of hydrogen-bond acceptors (Lipinski definition) is 3. The van der Waals surface area contributed by atoms with Gasteiger partial charge in [-0.3, -0.25) is 14.4 Å². The van der Waals surface area contributed by atoms with Gasteiger partial charge >= 0.3 is 0 Å². The Morgan fingerprint density at radius 2 is 1.70 bits per heavy atom. The van der Waals surface area contributed by atoms with Crippen LogP contribution in [0.3, 0.4) is 0 Å². The second kappa shape index (κ2) is 9.94. The number of aryl methyl sites for hydroxylation is 1. The number of hydrogen-bond donors (Lipinski definition) is 3. The van der Waals surface area contributed by atoms with E-state index in [1.807, 2.05) is 19.1 Å². The second-order valence-corrected chi connectivity index (χ2v) is 6.61. The summed E-state index contributed by atoms with van der Waals surface area (Å²) in [7, 11) is 0. The largest absolute Gasteiger partial charge is 0.352 e. The summed E-state index contributed by atoms with van der Waals surface area (Å²) in [6.45, 7) is 1.79. The van der Waals surface area contributed by atoms with Gasteiger partial charge in [0.15, 0.2) is 0 Å². The highest BCUT2D eigenvalue weighted by Crippen LogP contribution is 2.25. The molecule has 0 spiro atoms. The van der Waals surface area contributed by atoms with Crippen molar-refractivity contribution in [1.82, 2.24) is 10.6 Å². The summed E-state index contributed by atoms with van der Waals surface area (Å²) >= 11 is 11.8. The third kappa shape index (κ3) is 6.58. The van der Waals surface area contributed by atoms with E-state index in [4.69, 9.17) is 23.2 Å². The van der Waals surface area contributed by atoms with Crippen LogP contribution in [0.2, 0.25) is 10.0 Å². The van der Waals surface area contributed by atoms with Crippen LogP contribution in [0.4, 0.5) is 5.69 Å². The molecule has 27 heavy (non-hydrogen) atoms. The van der Waals surface area contributed by atoms with Gasteiger partial charge in [-0.25, -0.2) is 0 Å². The maximum absolute atomic E-state index is 12.0. The summed E-state index contributed by atoms with van der Waals surface area (Å²) in [5, 5.41) is 8.51. The van der Waals surface area contributed by atoms with Crippen molar-refractivity contribution < 1.29 is 14.4 Å². The summed E-state index contributed by atoms with van der Waals surface area (Å²) in [5.41, 5.74) is 1.79. The van der Waals surface area contributed by atoms with Crippen LogP contribution in [-0.2, 0) is 9.59 Å². The van der Waals surface area contributed by atoms with Crippen molar-refractivity contribution in [2.24, 2.45) is 0 Å². The average molecular weight is 408 g/mol. The van der Waals surface area contributed by atoms with Gasteiger partial charge in [-0.1, -0.05) is 41.4 Å². The molecule has 0 aliphatic rings. The number of carbonyl (C=O) groups excluding carboxylic acids is 3. The Morgan fingerprint density at radius 1 is 0.963 bits per heavy atom. The molecule has 3 amide bonds. The number of anilines is 1. The van der Waals surface area contributed by atoms with E-state index in [0.29, 0.717) is 21.3 Å². The molecule has 2 rings (SSSR count). The van der Waals surface area contributed by atoms with Crippen LogP contribution in [0.15, 0.2) is 42.5 Å². The average Bonchev–Trinajstić information content (AvgIpc) is 2.63. The van der Waals surface area contributed by atoms with Crippen molar-refractivity contribution in [3.63, 3.8) is 0 Å². The van der Waals surface area contributed by atoms with E-state index >= 15 is 0 Å². The van der Waals surface area contributed by atoms with Crippen LogP contribution in [-0.4, -0.2) is 30.8 Å². The van der Waals surface area contributed by atoms with E-state index in [0.717, 1.165) is 5.56 Å². The summed E-state index contributed by atoms with van der Waals surface area (Å²) in [6.07, 6.45) is 0.0584. The molecule has 0 unspecified atom stereocenters. The Bertz CT molecular complexity index is 856. The standard InChI is InChI=1S/C19H19Cl2N3O3/c1-12-4-2-3-5-14(12)19(27)22-9-8-17(25)23-11-18(26)24-16-10-13(20)6-7-15(16)21/h2-7,10H,8-9,11H2,1H3,(H,22,27)(H,23,25)(H,24,26). The van der Waals surface area contributed by atoms with Crippen molar-refractivity contribution in [2.45, 2.75) is 13.3 Å². The SMILES string of the molecule is Cc1ccccc1C(=O)NCCC(=O)NCC(=O)Nc1cc(Cl)ccc1Cl. The topological polar surface area (TPSA) is 87.3 Å². The van der Waals surface area contributed by atoms with E-state index in [-0.39, 0.29) is 31.3 Å². The molecule has 0 aliphatic carbocycles. The van der Waals surface area contributed by atoms with Gasteiger partial charge in [0.25, 0.3) is 5.91 Å². The van der Waals surface area contributed by atoms with Crippen molar-refractivity contribution in [2.75, 3.05) is 18.4 Å². The fraction of sp³-hybridized carbons (Fsp3) is 0.211. The number of nitrogens with one attached hydrogen (secondary N) is 3. The summed E-state index contributed by atoms with van der Waals surface area (Å²) in [4.78, 5) is 35.7. The summed E-state index contributed by atoms with van der Waals surface area (Å²) in [6, 6.07) is 11.9. The van der Waals surface area contributed by atoms with Crippen molar-refractivity contribution in [3.8, 4) is 0 Å². The van der Waals surface area contributed by atoms with Gasteiger partial charge in [-0.05, 0) is 36.8 Å². The molecule has 142 valence electrons. The number of rotatable bonds is 7. The molecule has 0 fully saturated rings. The molecule has 0 radical (unpaired) electrons. The van der Waals surface area contributed by atoms with Gasteiger partial charge in [0.1, 0.15) is 0 Å². The molecule has 0 atom stereocenters. The first kappa shape index (κ1) is 20.7. The van der Waals surface area contributed by atoms with Gasteiger partial charge < -0.3 is 16.0 Å². The first-order chi connectivity index (χ1) is 12.9. The Hall–Kier alpha value is -2.57. The first-order valence-corrected chi connectivity index (χ1v) is 8.98. The molecule has 2 aromatic carbocycles. The lowest BCUT2D eigenvalue weighted by Crippen LogP contribution is -2.35. The number of carbonyl (C=O) groups is 3. The van der Waals surface area contributed by atoms with Crippen LogP contribution >= 0.6 is 23.2 Å². The van der Waals surface area contributed by atoms with Crippen LogP contribution in [0.1, 0.15) is 22.3 Å². The summed E-state index contributed by atoms with van der Waals surface area (Å²) < 4.78 is 0. The van der Waals surface area contributed by atoms with Crippen LogP contribution in [0.25, 0.3) is 0 Å². The molecule has 0 saturated heterocycles. The van der Waals surface area contributed by atoms with E-state index in [1.165, 1.54) is 6.07 Å². The third-order valence-electron chi connectivity index (χ3n) is 3.68. The molecule has 0 heterocycles. The Kier molecular flexibility index (Phi) is 7.64. The lowest BCUT2D eigenvalue weighted by atomic mass is 10.1. The van der Waals surface area contributed by atoms with Crippen molar-refractivity contribution >= 4 is 46.6 Å². The monoisotopic (exact) mass is 407 g/mol. The molecule has 6 nitrogen and oxygen atoms in total. The second-order valence-electron chi connectivity index (χ2n) is 5.77. The van der Waals surface area contributed by atoms with Crippen molar-refractivity contribution in [3.05, 3.63) is 63.6 Å². The van der Waals surface area contributed by atoms with Crippen LogP contribution < -0.4 is 16.0 Å². The number of amides is 3. The zero-order chi connectivity index (χ0) is 19.8. The van der Waals surface area contributed by atoms with Gasteiger partial charge in [0, 0.05) is 23.6 Å². The highest BCUT2D eigenvalue weighted by Gasteiger charge is 2.10. The minimum Gasteiger partial charge on any atom is -0.352 e. The van der Waals surface area contributed by atoms with Crippen LogP contribution in [0.5, 0.6) is 0 Å². The van der Waals surface area contributed by atoms with E-state index in [1.54, 1.807) is 24.3 Å². The fourth-order valence-electron chi connectivity index (χ4n) is 2.27. The molecule has 3 N–H and O–H groups in total. The zero-order valence-electron chi connectivity index (χ0n) is 14.6. The first-order valence-electron chi connectivity index (χ1n) is 8.22. The molecule has 0 saturated carbocycles. The molecule has 8 heteroatoms. The van der Waals surface area contributed by atoms with E-state index in [2.05, 4.69) is 16.0 Å². The summed E-state index contributed by atoms with van der Waals surface area (Å²) in [5.74, 6) is -1.03. The minimum absolute atomic E-state index is 0.0584. The lowest BCUT2D eigenvalue weighted by molar-refractivity contribution is -0.124.